The molecule has 0 saturated carbocycles. The fourth-order valence-corrected chi connectivity index (χ4v) is 3.87. The highest BCUT2D eigenvalue weighted by molar-refractivity contribution is 6.35. The Hall–Kier alpha value is -2.10. The molecule has 1 saturated heterocycles. The quantitative estimate of drug-likeness (QED) is 0.801. The zero-order chi connectivity index (χ0) is 17.4. The molecular weight excluding hydrogens is 300 g/mol. The van der Waals surface area contributed by atoms with Gasteiger partial charge in [-0.2, -0.15) is 0 Å². The average Bonchev–Trinajstić information content (AvgIpc) is 2.78. The number of nitrogens with zero attached hydrogens (tertiary/aromatic N) is 2. The molecule has 1 aromatic rings. The number of benzene rings is 1. The molecule has 128 valence electrons. The minimum atomic E-state index is -0.150. The SMILES string of the molecule is CCN1C(=O)C(c2ccc(C)cc2C)=C(N2CCCC(C)C2)C1=O. The fraction of sp³-hybridized carbons (Fsp3) is 0.500. The van der Waals surface area contributed by atoms with Crippen molar-refractivity contribution in [3.8, 4) is 0 Å². The molecule has 1 aromatic carbocycles. The van der Waals surface area contributed by atoms with Gasteiger partial charge >= 0.3 is 0 Å². The lowest BCUT2D eigenvalue weighted by atomic mass is 9.95. The van der Waals surface area contributed by atoms with E-state index in [9.17, 15) is 9.59 Å². The van der Waals surface area contributed by atoms with Crippen molar-refractivity contribution in [3.05, 3.63) is 40.6 Å². The Bertz CT molecular complexity index is 720. The second kappa shape index (κ2) is 6.42. The van der Waals surface area contributed by atoms with E-state index in [2.05, 4.69) is 17.9 Å². The van der Waals surface area contributed by atoms with Crippen LogP contribution in [-0.2, 0) is 9.59 Å². The van der Waals surface area contributed by atoms with Gasteiger partial charge in [-0.1, -0.05) is 30.7 Å². The average molecular weight is 326 g/mol. The van der Waals surface area contributed by atoms with E-state index in [1.54, 1.807) is 0 Å². The van der Waals surface area contributed by atoms with Crippen molar-refractivity contribution in [3.63, 3.8) is 0 Å². The third kappa shape index (κ3) is 2.74. The number of piperidine rings is 1. The van der Waals surface area contributed by atoms with E-state index in [0.29, 0.717) is 23.7 Å². The Labute approximate surface area is 144 Å². The minimum absolute atomic E-state index is 0.133. The Morgan fingerprint density at radius 2 is 1.92 bits per heavy atom. The van der Waals surface area contributed by atoms with E-state index in [4.69, 9.17) is 0 Å². The molecule has 0 radical (unpaired) electrons. The molecule has 0 aliphatic carbocycles. The number of likely N-dealkylation sites (tertiary alicyclic amines) is 1. The van der Waals surface area contributed by atoms with Crippen molar-refractivity contribution >= 4 is 17.4 Å². The van der Waals surface area contributed by atoms with Gasteiger partial charge in [0, 0.05) is 19.6 Å². The van der Waals surface area contributed by atoms with Gasteiger partial charge in [-0.25, -0.2) is 0 Å². The van der Waals surface area contributed by atoms with Crippen molar-refractivity contribution in [2.75, 3.05) is 19.6 Å². The molecule has 1 atom stereocenters. The van der Waals surface area contributed by atoms with Crippen LogP contribution in [-0.4, -0.2) is 41.2 Å². The Balaban J connectivity index is 2.14. The molecule has 3 rings (SSSR count). The molecule has 2 amide bonds. The first kappa shape index (κ1) is 16.7. The largest absolute Gasteiger partial charge is 0.366 e. The lowest BCUT2D eigenvalue weighted by molar-refractivity contribution is -0.137. The van der Waals surface area contributed by atoms with Crippen LogP contribution in [0.15, 0.2) is 23.9 Å². The number of rotatable bonds is 3. The Morgan fingerprint density at radius 1 is 1.17 bits per heavy atom. The monoisotopic (exact) mass is 326 g/mol. The Morgan fingerprint density at radius 3 is 2.54 bits per heavy atom. The minimum Gasteiger partial charge on any atom is -0.366 e. The van der Waals surface area contributed by atoms with Crippen LogP contribution < -0.4 is 0 Å². The summed E-state index contributed by atoms with van der Waals surface area (Å²) >= 11 is 0. The van der Waals surface area contributed by atoms with Crippen LogP contribution in [0.5, 0.6) is 0 Å². The molecule has 0 spiro atoms. The summed E-state index contributed by atoms with van der Waals surface area (Å²) in [5.74, 6) is 0.263. The van der Waals surface area contributed by atoms with Crippen LogP contribution in [0.2, 0.25) is 0 Å². The molecule has 2 heterocycles. The maximum atomic E-state index is 12.9. The van der Waals surface area contributed by atoms with Crippen molar-refractivity contribution in [1.82, 2.24) is 9.80 Å². The van der Waals surface area contributed by atoms with Crippen LogP contribution >= 0.6 is 0 Å². The van der Waals surface area contributed by atoms with Crippen molar-refractivity contribution in [1.29, 1.82) is 0 Å². The van der Waals surface area contributed by atoms with E-state index in [-0.39, 0.29) is 11.8 Å². The molecule has 4 heteroatoms. The molecule has 1 fully saturated rings. The number of hydrogen-bond acceptors (Lipinski definition) is 3. The molecule has 4 nitrogen and oxygen atoms in total. The highest BCUT2D eigenvalue weighted by Gasteiger charge is 2.41. The number of carbonyl (C=O) groups is 2. The molecule has 2 aliphatic heterocycles. The summed E-state index contributed by atoms with van der Waals surface area (Å²) in [6, 6.07) is 6.07. The molecule has 24 heavy (non-hydrogen) atoms. The molecule has 0 aromatic heterocycles. The maximum absolute atomic E-state index is 12.9. The normalized spacial score (nSPS) is 21.9. The topological polar surface area (TPSA) is 40.6 Å². The van der Waals surface area contributed by atoms with Crippen LogP contribution in [0, 0.1) is 19.8 Å². The van der Waals surface area contributed by atoms with Gasteiger partial charge in [0.15, 0.2) is 0 Å². The zero-order valence-corrected chi connectivity index (χ0v) is 15.1. The van der Waals surface area contributed by atoms with E-state index < -0.39 is 0 Å². The summed E-state index contributed by atoms with van der Waals surface area (Å²) in [4.78, 5) is 29.4. The summed E-state index contributed by atoms with van der Waals surface area (Å²) in [7, 11) is 0. The summed E-state index contributed by atoms with van der Waals surface area (Å²) < 4.78 is 0. The van der Waals surface area contributed by atoms with Gasteiger partial charge in [0.2, 0.25) is 0 Å². The highest BCUT2D eigenvalue weighted by atomic mass is 16.2. The Kier molecular flexibility index (Phi) is 4.48. The van der Waals surface area contributed by atoms with Gasteiger partial charge in [-0.3, -0.25) is 14.5 Å². The molecule has 1 unspecified atom stereocenters. The number of carbonyl (C=O) groups excluding carboxylic acids is 2. The van der Waals surface area contributed by atoms with Gasteiger partial charge < -0.3 is 4.90 Å². The van der Waals surface area contributed by atoms with E-state index >= 15 is 0 Å². The van der Waals surface area contributed by atoms with Crippen LogP contribution in [0.25, 0.3) is 5.57 Å². The fourth-order valence-electron chi connectivity index (χ4n) is 3.87. The zero-order valence-electron chi connectivity index (χ0n) is 15.1. The number of imide groups is 1. The van der Waals surface area contributed by atoms with E-state index in [1.807, 2.05) is 32.9 Å². The van der Waals surface area contributed by atoms with Crippen molar-refractivity contribution in [2.45, 2.75) is 40.5 Å². The van der Waals surface area contributed by atoms with Crippen molar-refractivity contribution in [2.24, 2.45) is 5.92 Å². The number of hydrogen-bond donors (Lipinski definition) is 0. The predicted octanol–water partition coefficient (Wildman–Crippen LogP) is 3.14. The third-order valence-electron chi connectivity index (χ3n) is 5.08. The van der Waals surface area contributed by atoms with Gasteiger partial charge in [0.25, 0.3) is 11.8 Å². The summed E-state index contributed by atoms with van der Waals surface area (Å²) in [6.07, 6.45) is 2.25. The third-order valence-corrected chi connectivity index (χ3v) is 5.08. The van der Waals surface area contributed by atoms with Gasteiger partial charge in [-0.05, 0) is 50.7 Å². The maximum Gasteiger partial charge on any atom is 0.277 e. The van der Waals surface area contributed by atoms with Crippen LogP contribution in [0.3, 0.4) is 0 Å². The summed E-state index contributed by atoms with van der Waals surface area (Å²) in [6.45, 7) is 10.2. The van der Waals surface area contributed by atoms with Crippen LogP contribution in [0.4, 0.5) is 0 Å². The van der Waals surface area contributed by atoms with E-state index in [1.165, 1.54) is 11.3 Å². The second-order valence-electron chi connectivity index (χ2n) is 7.09. The molecule has 0 bridgehead atoms. The number of aryl methyl sites for hydroxylation is 2. The molecule has 2 aliphatic rings. The van der Waals surface area contributed by atoms with Gasteiger partial charge in [-0.15, -0.1) is 0 Å². The lowest BCUT2D eigenvalue weighted by Gasteiger charge is -2.33. The second-order valence-corrected chi connectivity index (χ2v) is 7.09. The lowest BCUT2D eigenvalue weighted by Crippen LogP contribution is -2.39. The molecule has 0 N–H and O–H groups in total. The first-order valence-electron chi connectivity index (χ1n) is 8.87. The first-order valence-corrected chi connectivity index (χ1v) is 8.87. The standard InChI is InChI=1S/C20H26N2O2/c1-5-22-19(23)17(16-9-8-13(2)11-15(16)4)18(20(22)24)21-10-6-7-14(3)12-21/h8-9,11,14H,5-7,10,12H2,1-4H3. The number of likely N-dealkylation sites (N-methyl/N-ethyl adjacent to an activating group) is 1. The van der Waals surface area contributed by atoms with Crippen molar-refractivity contribution < 1.29 is 9.59 Å². The van der Waals surface area contributed by atoms with Gasteiger partial charge in [0.05, 0.1) is 5.57 Å². The first-order chi connectivity index (χ1) is 11.4. The predicted molar refractivity (Wildman–Crippen MR) is 95.2 cm³/mol. The number of amides is 2. The van der Waals surface area contributed by atoms with E-state index in [0.717, 1.165) is 36.2 Å². The summed E-state index contributed by atoms with van der Waals surface area (Å²) in [5.41, 5.74) is 4.30. The van der Waals surface area contributed by atoms with Gasteiger partial charge in [0.1, 0.15) is 5.70 Å². The molecular formula is C20H26N2O2. The highest BCUT2D eigenvalue weighted by Crippen LogP contribution is 2.35. The summed E-state index contributed by atoms with van der Waals surface area (Å²) in [5, 5.41) is 0. The van der Waals surface area contributed by atoms with Crippen LogP contribution in [0.1, 0.15) is 43.4 Å². The smallest absolute Gasteiger partial charge is 0.277 e.